The first kappa shape index (κ1) is 13.4. The number of aromatic hydroxyl groups is 1. The molecule has 0 spiro atoms. The first-order valence-electron chi connectivity index (χ1n) is 6.30. The van der Waals surface area contributed by atoms with Crippen LogP contribution in [0.5, 0.6) is 5.75 Å². The highest BCUT2D eigenvalue weighted by molar-refractivity contribution is 5.81. The predicted molar refractivity (Wildman–Crippen MR) is 68.7 cm³/mol. The number of carbonyl (C=O) groups is 2. The van der Waals surface area contributed by atoms with E-state index in [0.29, 0.717) is 18.4 Å². The second-order valence-corrected chi connectivity index (χ2v) is 5.02. The summed E-state index contributed by atoms with van der Waals surface area (Å²) in [6.07, 6.45) is 2.17. The Bertz CT molecular complexity index is 494. The van der Waals surface area contributed by atoms with Crippen molar-refractivity contribution in [2.24, 2.45) is 5.41 Å². The number of carboxylic acids is 1. The van der Waals surface area contributed by atoms with Gasteiger partial charge in [-0.05, 0) is 18.9 Å². The second-order valence-electron chi connectivity index (χ2n) is 5.02. The highest BCUT2D eigenvalue weighted by atomic mass is 16.4. The number of phenols is 1. The highest BCUT2D eigenvalue weighted by Crippen LogP contribution is 2.40. The number of nitrogens with one attached hydrogen (secondary N) is 1. The van der Waals surface area contributed by atoms with Gasteiger partial charge in [0.15, 0.2) is 0 Å². The molecule has 0 radical (unpaired) electrons. The second kappa shape index (κ2) is 5.30. The SMILES string of the molecule is O=C(Cc1ccccc1O)NCC1(C(=O)O)CCC1. The summed E-state index contributed by atoms with van der Waals surface area (Å²) in [7, 11) is 0. The van der Waals surface area contributed by atoms with Gasteiger partial charge in [-0.25, -0.2) is 0 Å². The Morgan fingerprint density at radius 1 is 1.26 bits per heavy atom. The lowest BCUT2D eigenvalue weighted by Gasteiger charge is -2.37. The molecule has 0 bridgehead atoms. The molecule has 1 aliphatic rings. The van der Waals surface area contributed by atoms with E-state index >= 15 is 0 Å². The van der Waals surface area contributed by atoms with Crippen LogP contribution in [-0.4, -0.2) is 28.6 Å². The molecule has 0 aromatic heterocycles. The minimum Gasteiger partial charge on any atom is -0.508 e. The van der Waals surface area contributed by atoms with Gasteiger partial charge >= 0.3 is 5.97 Å². The van der Waals surface area contributed by atoms with E-state index in [0.717, 1.165) is 6.42 Å². The summed E-state index contributed by atoms with van der Waals surface area (Å²) in [5, 5.41) is 21.3. The smallest absolute Gasteiger partial charge is 0.311 e. The van der Waals surface area contributed by atoms with E-state index in [1.165, 1.54) is 6.07 Å². The Labute approximate surface area is 111 Å². The summed E-state index contributed by atoms with van der Waals surface area (Å²) in [5.74, 6) is -1.04. The number of phenolic OH excluding ortho intramolecular Hbond substituents is 1. The van der Waals surface area contributed by atoms with Crippen molar-refractivity contribution in [2.45, 2.75) is 25.7 Å². The van der Waals surface area contributed by atoms with Gasteiger partial charge in [-0.1, -0.05) is 24.6 Å². The Morgan fingerprint density at radius 2 is 1.95 bits per heavy atom. The van der Waals surface area contributed by atoms with E-state index in [2.05, 4.69) is 5.32 Å². The fourth-order valence-corrected chi connectivity index (χ4v) is 2.23. The van der Waals surface area contributed by atoms with Gasteiger partial charge in [0.1, 0.15) is 5.75 Å². The molecule has 5 nitrogen and oxygen atoms in total. The summed E-state index contributed by atoms with van der Waals surface area (Å²) in [5.41, 5.74) is -0.244. The molecule has 1 aromatic carbocycles. The van der Waals surface area contributed by atoms with Crippen LogP contribution in [-0.2, 0) is 16.0 Å². The molecule has 5 heteroatoms. The maximum absolute atomic E-state index is 11.8. The van der Waals surface area contributed by atoms with Crippen LogP contribution in [0.25, 0.3) is 0 Å². The van der Waals surface area contributed by atoms with Crippen molar-refractivity contribution >= 4 is 11.9 Å². The quantitative estimate of drug-likeness (QED) is 0.747. The third kappa shape index (κ3) is 2.86. The first-order chi connectivity index (χ1) is 9.03. The summed E-state index contributed by atoms with van der Waals surface area (Å²) < 4.78 is 0. The fraction of sp³-hybridized carbons (Fsp3) is 0.429. The zero-order valence-electron chi connectivity index (χ0n) is 10.6. The molecular weight excluding hydrogens is 246 g/mol. The Morgan fingerprint density at radius 3 is 2.47 bits per heavy atom. The van der Waals surface area contributed by atoms with Crippen LogP contribution in [0.3, 0.4) is 0 Å². The average Bonchev–Trinajstić information content (AvgIpc) is 2.30. The Hall–Kier alpha value is -2.04. The van der Waals surface area contributed by atoms with Gasteiger partial charge in [0, 0.05) is 12.1 Å². The molecule has 102 valence electrons. The van der Waals surface area contributed by atoms with Gasteiger partial charge in [-0.15, -0.1) is 0 Å². The maximum Gasteiger partial charge on any atom is 0.311 e. The molecule has 1 fully saturated rings. The zero-order valence-corrected chi connectivity index (χ0v) is 10.6. The number of para-hydroxylation sites is 1. The molecule has 19 heavy (non-hydrogen) atoms. The molecule has 1 saturated carbocycles. The molecule has 0 unspecified atom stereocenters. The third-order valence-electron chi connectivity index (χ3n) is 3.73. The molecule has 0 aliphatic heterocycles. The minimum absolute atomic E-state index is 0.0579. The van der Waals surface area contributed by atoms with Crippen LogP contribution in [0, 0.1) is 5.41 Å². The molecule has 1 aliphatic carbocycles. The number of amides is 1. The van der Waals surface area contributed by atoms with Crippen LogP contribution in [0.4, 0.5) is 0 Å². The van der Waals surface area contributed by atoms with Crippen molar-refractivity contribution in [3.05, 3.63) is 29.8 Å². The van der Waals surface area contributed by atoms with Crippen LogP contribution >= 0.6 is 0 Å². The molecule has 1 amide bonds. The van der Waals surface area contributed by atoms with Gasteiger partial charge in [0.2, 0.25) is 5.91 Å². The average molecular weight is 263 g/mol. The maximum atomic E-state index is 11.8. The zero-order chi connectivity index (χ0) is 13.9. The van der Waals surface area contributed by atoms with Crippen LogP contribution in [0.1, 0.15) is 24.8 Å². The van der Waals surface area contributed by atoms with E-state index in [1.54, 1.807) is 18.2 Å². The van der Waals surface area contributed by atoms with Crippen molar-refractivity contribution in [3.8, 4) is 5.75 Å². The lowest BCUT2D eigenvalue weighted by atomic mass is 9.69. The number of hydrogen-bond acceptors (Lipinski definition) is 3. The standard InChI is InChI=1S/C14H17NO4/c16-11-5-2-1-4-10(11)8-12(17)15-9-14(13(18)19)6-3-7-14/h1-2,4-5,16H,3,6-9H2,(H,15,17)(H,18,19). The minimum atomic E-state index is -0.846. The summed E-state index contributed by atoms with van der Waals surface area (Å²) in [4.78, 5) is 22.9. The third-order valence-corrected chi connectivity index (χ3v) is 3.73. The lowest BCUT2D eigenvalue weighted by Crippen LogP contribution is -2.47. The van der Waals surface area contributed by atoms with E-state index in [4.69, 9.17) is 5.11 Å². The first-order valence-corrected chi connectivity index (χ1v) is 6.30. The Kier molecular flexibility index (Phi) is 3.74. The van der Waals surface area contributed by atoms with E-state index < -0.39 is 11.4 Å². The van der Waals surface area contributed by atoms with Crippen molar-refractivity contribution in [2.75, 3.05) is 6.54 Å². The van der Waals surface area contributed by atoms with Gasteiger partial charge in [0.05, 0.1) is 11.8 Å². The van der Waals surface area contributed by atoms with Crippen LogP contribution in [0.2, 0.25) is 0 Å². The summed E-state index contributed by atoms with van der Waals surface area (Å²) in [6.45, 7) is 0.161. The molecule has 3 N–H and O–H groups in total. The lowest BCUT2D eigenvalue weighted by molar-refractivity contribution is -0.154. The van der Waals surface area contributed by atoms with Gasteiger partial charge in [-0.2, -0.15) is 0 Å². The molecule has 2 rings (SSSR count). The van der Waals surface area contributed by atoms with Crippen molar-refractivity contribution in [1.29, 1.82) is 0 Å². The predicted octanol–water partition coefficient (Wildman–Crippen LogP) is 1.31. The summed E-state index contributed by atoms with van der Waals surface area (Å²) >= 11 is 0. The van der Waals surface area contributed by atoms with E-state index in [9.17, 15) is 14.7 Å². The molecule has 1 aromatic rings. The number of rotatable bonds is 5. The van der Waals surface area contributed by atoms with E-state index in [1.807, 2.05) is 0 Å². The highest BCUT2D eigenvalue weighted by Gasteiger charge is 2.44. The number of carbonyl (C=O) groups excluding carboxylic acids is 1. The largest absolute Gasteiger partial charge is 0.508 e. The van der Waals surface area contributed by atoms with Crippen molar-refractivity contribution < 1.29 is 19.8 Å². The molecule has 0 heterocycles. The van der Waals surface area contributed by atoms with Crippen molar-refractivity contribution in [3.63, 3.8) is 0 Å². The van der Waals surface area contributed by atoms with Gasteiger partial charge in [-0.3, -0.25) is 9.59 Å². The number of aliphatic carboxylic acids is 1. The van der Waals surface area contributed by atoms with Crippen molar-refractivity contribution in [1.82, 2.24) is 5.32 Å². The van der Waals surface area contributed by atoms with Crippen LogP contribution < -0.4 is 5.32 Å². The normalized spacial score (nSPS) is 16.4. The van der Waals surface area contributed by atoms with Gasteiger partial charge < -0.3 is 15.5 Å². The molecule has 0 saturated heterocycles. The molecular formula is C14H17NO4. The number of benzene rings is 1. The van der Waals surface area contributed by atoms with Gasteiger partial charge in [0.25, 0.3) is 0 Å². The fourth-order valence-electron chi connectivity index (χ4n) is 2.23. The number of hydrogen-bond donors (Lipinski definition) is 3. The molecule has 0 atom stereocenters. The summed E-state index contributed by atoms with van der Waals surface area (Å²) in [6, 6.07) is 6.62. The van der Waals surface area contributed by atoms with E-state index in [-0.39, 0.29) is 24.6 Å². The van der Waals surface area contributed by atoms with Crippen LogP contribution in [0.15, 0.2) is 24.3 Å². The number of carboxylic acid groups (broad SMARTS) is 1. The topological polar surface area (TPSA) is 86.6 Å². The monoisotopic (exact) mass is 263 g/mol. The Balaban J connectivity index is 1.89.